The number of benzene rings is 2. The van der Waals surface area contributed by atoms with Gasteiger partial charge in [0, 0.05) is 53.6 Å². The summed E-state index contributed by atoms with van der Waals surface area (Å²) in [7, 11) is 1.78. The smallest absolute Gasteiger partial charge is 0.254 e. The summed E-state index contributed by atoms with van der Waals surface area (Å²) in [6.45, 7) is 4.10. The molecular formula is C27H26F2N4O. The summed E-state index contributed by atoms with van der Waals surface area (Å²) in [5.74, 6) is -1.29. The summed E-state index contributed by atoms with van der Waals surface area (Å²) in [5.41, 5.74) is 3.53. The Balaban J connectivity index is 1.60. The van der Waals surface area contributed by atoms with Crippen molar-refractivity contribution in [2.45, 2.75) is 45.2 Å². The number of aromatic nitrogens is 3. The first kappa shape index (κ1) is 22.2. The molecule has 2 aromatic heterocycles. The van der Waals surface area contributed by atoms with Gasteiger partial charge in [-0.15, -0.1) is 0 Å². The maximum absolute atomic E-state index is 14.0. The highest BCUT2D eigenvalue weighted by Gasteiger charge is 2.40. The van der Waals surface area contributed by atoms with E-state index >= 15 is 0 Å². The summed E-state index contributed by atoms with van der Waals surface area (Å²) in [5, 5.41) is 6.70. The highest BCUT2D eigenvalue weighted by Crippen LogP contribution is 2.41. The molecule has 1 aliphatic heterocycles. The molecule has 2 aromatic carbocycles. The quantitative estimate of drug-likeness (QED) is 0.384. The lowest BCUT2D eigenvalue weighted by Crippen LogP contribution is -2.47. The molecule has 7 heteroatoms. The monoisotopic (exact) mass is 460 g/mol. The van der Waals surface area contributed by atoms with Crippen LogP contribution in [0.1, 0.15) is 54.3 Å². The molecule has 0 saturated heterocycles. The van der Waals surface area contributed by atoms with Crippen molar-refractivity contribution in [2.75, 3.05) is 0 Å². The maximum atomic E-state index is 14.0. The minimum atomic E-state index is -0.623. The second-order valence-electron chi connectivity index (χ2n) is 8.83. The molecule has 5 nitrogen and oxygen atoms in total. The van der Waals surface area contributed by atoms with Crippen molar-refractivity contribution in [1.29, 1.82) is 0 Å². The average Bonchev–Trinajstić information content (AvgIpc) is 3.16. The molecule has 0 aliphatic carbocycles. The van der Waals surface area contributed by atoms with Crippen molar-refractivity contribution in [3.05, 3.63) is 83.3 Å². The zero-order valence-corrected chi connectivity index (χ0v) is 19.4. The van der Waals surface area contributed by atoms with E-state index in [1.165, 1.54) is 12.1 Å². The van der Waals surface area contributed by atoms with Gasteiger partial charge in [-0.25, -0.2) is 8.78 Å². The second kappa shape index (κ2) is 8.63. The van der Waals surface area contributed by atoms with Crippen LogP contribution in [0, 0.1) is 11.6 Å². The first-order chi connectivity index (χ1) is 16.4. The topological polar surface area (TPSA) is 51.0 Å². The van der Waals surface area contributed by atoms with E-state index < -0.39 is 11.6 Å². The predicted molar refractivity (Wildman–Crippen MR) is 127 cm³/mol. The molecule has 0 bridgehead atoms. The van der Waals surface area contributed by atoms with Gasteiger partial charge < -0.3 is 4.90 Å². The molecule has 3 heterocycles. The van der Waals surface area contributed by atoms with Crippen molar-refractivity contribution in [3.63, 3.8) is 0 Å². The molecule has 0 fully saturated rings. The van der Waals surface area contributed by atoms with E-state index in [1.807, 2.05) is 36.1 Å². The SMILES string of the molecule is CCC1Cc2c(nn(C)c2-c2cc(F)cc(F)c2)C(CC)N1C(=O)c1ccc2ccncc2c1. The third-order valence-corrected chi connectivity index (χ3v) is 6.78. The van der Waals surface area contributed by atoms with Crippen molar-refractivity contribution < 1.29 is 13.6 Å². The second-order valence-corrected chi connectivity index (χ2v) is 8.83. The zero-order chi connectivity index (χ0) is 24.0. The molecule has 174 valence electrons. The highest BCUT2D eigenvalue weighted by molar-refractivity contribution is 5.99. The van der Waals surface area contributed by atoms with Gasteiger partial charge in [0.25, 0.3) is 5.91 Å². The Kier molecular flexibility index (Phi) is 5.63. The largest absolute Gasteiger partial charge is 0.327 e. The van der Waals surface area contributed by atoms with Crippen molar-refractivity contribution >= 4 is 16.7 Å². The normalized spacial score (nSPS) is 17.7. The zero-order valence-electron chi connectivity index (χ0n) is 19.4. The lowest BCUT2D eigenvalue weighted by atomic mass is 9.87. The summed E-state index contributed by atoms with van der Waals surface area (Å²) >= 11 is 0. The Morgan fingerprint density at radius 1 is 1.03 bits per heavy atom. The molecule has 2 atom stereocenters. The average molecular weight is 461 g/mol. The minimum Gasteiger partial charge on any atom is -0.327 e. The van der Waals surface area contributed by atoms with Gasteiger partial charge in [0.1, 0.15) is 11.6 Å². The number of pyridine rings is 1. The molecule has 5 rings (SSSR count). The van der Waals surface area contributed by atoms with E-state index in [9.17, 15) is 13.6 Å². The summed E-state index contributed by atoms with van der Waals surface area (Å²) < 4.78 is 29.7. The van der Waals surface area contributed by atoms with Crippen LogP contribution in [-0.4, -0.2) is 31.6 Å². The Morgan fingerprint density at radius 2 is 1.79 bits per heavy atom. The van der Waals surface area contributed by atoms with E-state index in [0.717, 1.165) is 34.5 Å². The molecule has 34 heavy (non-hydrogen) atoms. The molecule has 0 spiro atoms. The number of nitrogens with zero attached hydrogens (tertiary/aromatic N) is 4. The fraction of sp³-hybridized carbons (Fsp3) is 0.296. The van der Waals surface area contributed by atoms with Crippen LogP contribution in [0.5, 0.6) is 0 Å². The van der Waals surface area contributed by atoms with Gasteiger partial charge in [-0.3, -0.25) is 14.5 Å². The lowest BCUT2D eigenvalue weighted by molar-refractivity contribution is 0.0513. The Bertz CT molecular complexity index is 1380. The summed E-state index contributed by atoms with van der Waals surface area (Å²) in [6.07, 6.45) is 5.50. The first-order valence-corrected chi connectivity index (χ1v) is 11.6. The number of hydrogen-bond acceptors (Lipinski definition) is 3. The van der Waals surface area contributed by atoms with Gasteiger partial charge in [0.2, 0.25) is 0 Å². The van der Waals surface area contributed by atoms with Crippen LogP contribution < -0.4 is 0 Å². The van der Waals surface area contributed by atoms with Crippen LogP contribution >= 0.6 is 0 Å². The lowest BCUT2D eigenvalue weighted by Gasteiger charge is -2.41. The number of hydrogen-bond donors (Lipinski definition) is 0. The molecule has 0 radical (unpaired) electrons. The number of halogens is 2. The van der Waals surface area contributed by atoms with Crippen LogP contribution in [0.25, 0.3) is 22.0 Å². The maximum Gasteiger partial charge on any atom is 0.254 e. The number of rotatable bonds is 4. The van der Waals surface area contributed by atoms with E-state index in [0.29, 0.717) is 29.7 Å². The van der Waals surface area contributed by atoms with Crippen LogP contribution in [0.15, 0.2) is 54.9 Å². The van der Waals surface area contributed by atoms with Gasteiger partial charge in [0.15, 0.2) is 0 Å². The van der Waals surface area contributed by atoms with Gasteiger partial charge in [-0.05, 0) is 55.0 Å². The third kappa shape index (κ3) is 3.65. The Labute approximate surface area is 197 Å². The van der Waals surface area contributed by atoms with Crippen molar-refractivity contribution in [2.24, 2.45) is 7.05 Å². The van der Waals surface area contributed by atoms with E-state index in [1.54, 1.807) is 24.1 Å². The van der Waals surface area contributed by atoms with Gasteiger partial charge in [0.05, 0.1) is 17.4 Å². The molecule has 0 saturated carbocycles. The Morgan fingerprint density at radius 3 is 2.50 bits per heavy atom. The van der Waals surface area contributed by atoms with E-state index in [4.69, 9.17) is 5.10 Å². The fourth-order valence-electron chi connectivity index (χ4n) is 5.23. The molecule has 1 aliphatic rings. The minimum absolute atomic E-state index is 0.0425. The molecule has 1 amide bonds. The number of fused-ring (bicyclic) bond motifs is 2. The highest BCUT2D eigenvalue weighted by atomic mass is 19.1. The number of aryl methyl sites for hydroxylation is 1. The predicted octanol–water partition coefficient (Wildman–Crippen LogP) is 5.84. The molecule has 0 N–H and O–H groups in total. The molecule has 4 aromatic rings. The molecular weight excluding hydrogens is 434 g/mol. The third-order valence-electron chi connectivity index (χ3n) is 6.78. The van der Waals surface area contributed by atoms with Gasteiger partial charge in [-0.2, -0.15) is 5.10 Å². The standard InChI is InChI=1S/C27H26F2N4O/c1-4-22-14-23-25(31-32(3)26(23)18-11-20(28)13-21(29)12-18)24(5-2)33(22)27(34)17-7-6-16-8-9-30-15-19(16)10-17/h6-13,15,22,24H,4-5,14H2,1-3H3. The van der Waals surface area contributed by atoms with Crippen molar-refractivity contribution in [1.82, 2.24) is 19.7 Å². The Hall–Kier alpha value is -3.61. The number of carbonyl (C=O) groups is 1. The van der Waals surface area contributed by atoms with Crippen LogP contribution in [0.2, 0.25) is 0 Å². The van der Waals surface area contributed by atoms with Crippen molar-refractivity contribution in [3.8, 4) is 11.3 Å². The summed E-state index contributed by atoms with van der Waals surface area (Å²) in [6, 6.07) is 10.9. The summed E-state index contributed by atoms with van der Waals surface area (Å²) in [4.78, 5) is 19.9. The van der Waals surface area contributed by atoms with Crippen LogP contribution in [0.3, 0.4) is 0 Å². The van der Waals surface area contributed by atoms with E-state index in [-0.39, 0.29) is 18.0 Å². The first-order valence-electron chi connectivity index (χ1n) is 11.6. The van der Waals surface area contributed by atoms with Gasteiger partial charge >= 0.3 is 0 Å². The van der Waals surface area contributed by atoms with Crippen LogP contribution in [-0.2, 0) is 13.5 Å². The fourth-order valence-corrected chi connectivity index (χ4v) is 5.23. The van der Waals surface area contributed by atoms with Gasteiger partial charge in [-0.1, -0.05) is 19.9 Å². The van der Waals surface area contributed by atoms with E-state index in [2.05, 4.69) is 11.9 Å². The molecule has 2 unspecified atom stereocenters. The van der Waals surface area contributed by atoms with Crippen LogP contribution in [0.4, 0.5) is 8.78 Å². The number of amides is 1. The number of carbonyl (C=O) groups excluding carboxylic acids is 1.